The Morgan fingerprint density at radius 3 is 2.53 bits per heavy atom. The van der Waals surface area contributed by atoms with Crippen LogP contribution in [0.1, 0.15) is 19.4 Å². The minimum absolute atomic E-state index is 0.114. The van der Waals surface area contributed by atoms with Crippen LogP contribution in [0, 0.1) is 5.82 Å². The largest absolute Gasteiger partial charge is 0.240 e. The van der Waals surface area contributed by atoms with E-state index in [1.54, 1.807) is 13.8 Å². The summed E-state index contributed by atoms with van der Waals surface area (Å²) in [6.07, 6.45) is 0.474. The van der Waals surface area contributed by atoms with Crippen LogP contribution >= 0.6 is 0 Å². The third-order valence-electron chi connectivity index (χ3n) is 2.04. The van der Waals surface area contributed by atoms with E-state index in [2.05, 4.69) is 4.72 Å². The van der Waals surface area contributed by atoms with E-state index in [4.69, 9.17) is 0 Å². The predicted molar refractivity (Wildman–Crippen MR) is 56.6 cm³/mol. The molecule has 84 valence electrons. The standard InChI is InChI=1S/C10H14FNO2S/c1-3-8-7-9(5-6-10(8)11)15(13,14)12-4-2/h5-7,12H,3-4H2,1-2H3. The molecule has 0 saturated carbocycles. The number of rotatable bonds is 4. The van der Waals surface area contributed by atoms with Crippen LogP contribution in [0.3, 0.4) is 0 Å². The topological polar surface area (TPSA) is 46.2 Å². The molecular formula is C10H14FNO2S. The van der Waals surface area contributed by atoms with Gasteiger partial charge in [-0.25, -0.2) is 17.5 Å². The monoisotopic (exact) mass is 231 g/mol. The molecule has 0 fully saturated rings. The second kappa shape index (κ2) is 4.72. The molecule has 0 aliphatic heterocycles. The van der Waals surface area contributed by atoms with E-state index >= 15 is 0 Å². The van der Waals surface area contributed by atoms with Crippen molar-refractivity contribution in [3.8, 4) is 0 Å². The highest BCUT2D eigenvalue weighted by Gasteiger charge is 2.14. The Bertz CT molecular complexity index is 443. The van der Waals surface area contributed by atoms with Crippen molar-refractivity contribution in [3.63, 3.8) is 0 Å². The van der Waals surface area contributed by atoms with E-state index in [-0.39, 0.29) is 10.7 Å². The normalized spacial score (nSPS) is 11.7. The lowest BCUT2D eigenvalue weighted by molar-refractivity contribution is 0.581. The van der Waals surface area contributed by atoms with Gasteiger partial charge in [0, 0.05) is 6.54 Å². The summed E-state index contributed by atoms with van der Waals surface area (Å²) in [6.45, 7) is 3.80. The molecule has 0 radical (unpaired) electrons. The Hall–Kier alpha value is -0.940. The lowest BCUT2D eigenvalue weighted by Crippen LogP contribution is -2.23. The smallest absolute Gasteiger partial charge is 0.211 e. The first-order valence-electron chi connectivity index (χ1n) is 4.79. The Balaban J connectivity index is 3.17. The summed E-state index contributed by atoms with van der Waals surface area (Å²) < 4.78 is 38.6. The van der Waals surface area contributed by atoms with E-state index in [9.17, 15) is 12.8 Å². The van der Waals surface area contributed by atoms with Crippen LogP contribution in [0.25, 0.3) is 0 Å². The molecule has 0 aromatic heterocycles. The number of hydrogen-bond acceptors (Lipinski definition) is 2. The van der Waals surface area contributed by atoms with Crippen molar-refractivity contribution in [2.75, 3.05) is 6.54 Å². The Morgan fingerprint density at radius 2 is 2.00 bits per heavy atom. The molecule has 0 saturated heterocycles. The van der Waals surface area contributed by atoms with Gasteiger partial charge < -0.3 is 0 Å². The van der Waals surface area contributed by atoms with Crippen molar-refractivity contribution in [3.05, 3.63) is 29.6 Å². The number of benzene rings is 1. The Kier molecular flexibility index (Phi) is 3.82. The molecule has 1 aromatic rings. The third-order valence-corrected chi connectivity index (χ3v) is 3.59. The lowest BCUT2D eigenvalue weighted by Gasteiger charge is -2.06. The van der Waals surface area contributed by atoms with E-state index < -0.39 is 10.0 Å². The summed E-state index contributed by atoms with van der Waals surface area (Å²) >= 11 is 0. The van der Waals surface area contributed by atoms with Crippen molar-refractivity contribution >= 4 is 10.0 Å². The summed E-state index contributed by atoms with van der Waals surface area (Å²) in [5.74, 6) is -0.368. The first kappa shape index (κ1) is 12.1. The fourth-order valence-corrected chi connectivity index (χ4v) is 2.35. The maximum absolute atomic E-state index is 13.1. The fourth-order valence-electron chi connectivity index (χ4n) is 1.26. The summed E-state index contributed by atoms with van der Waals surface area (Å²) in [7, 11) is -3.48. The summed E-state index contributed by atoms with van der Waals surface area (Å²) in [5, 5.41) is 0. The van der Waals surface area contributed by atoms with Crippen LogP contribution in [-0.4, -0.2) is 15.0 Å². The molecule has 0 amide bonds. The second-order valence-electron chi connectivity index (χ2n) is 3.11. The molecule has 0 bridgehead atoms. The van der Waals surface area contributed by atoms with Gasteiger partial charge in [0.2, 0.25) is 10.0 Å². The molecule has 3 nitrogen and oxygen atoms in total. The zero-order valence-corrected chi connectivity index (χ0v) is 9.57. The third kappa shape index (κ3) is 2.76. The molecule has 15 heavy (non-hydrogen) atoms. The highest BCUT2D eigenvalue weighted by atomic mass is 32.2. The van der Waals surface area contributed by atoms with Crippen LogP contribution in [-0.2, 0) is 16.4 Å². The number of hydrogen-bond donors (Lipinski definition) is 1. The van der Waals surface area contributed by atoms with Gasteiger partial charge in [-0.05, 0) is 30.2 Å². The summed E-state index contributed by atoms with van der Waals surface area (Å²) in [6, 6.07) is 3.82. The summed E-state index contributed by atoms with van der Waals surface area (Å²) in [4.78, 5) is 0.114. The Labute approximate surface area is 89.4 Å². The van der Waals surface area contributed by atoms with Gasteiger partial charge in [-0.3, -0.25) is 0 Å². The molecule has 0 heterocycles. The maximum Gasteiger partial charge on any atom is 0.240 e. The number of halogens is 1. The zero-order valence-electron chi connectivity index (χ0n) is 8.75. The van der Waals surface area contributed by atoms with Crippen LogP contribution < -0.4 is 4.72 Å². The van der Waals surface area contributed by atoms with Crippen molar-refractivity contribution in [2.24, 2.45) is 0 Å². The minimum atomic E-state index is -3.48. The molecule has 5 heteroatoms. The fraction of sp³-hybridized carbons (Fsp3) is 0.400. The number of nitrogens with one attached hydrogen (secondary N) is 1. The molecule has 0 atom stereocenters. The molecule has 1 rings (SSSR count). The molecule has 1 N–H and O–H groups in total. The number of aryl methyl sites for hydroxylation is 1. The van der Waals surface area contributed by atoms with Crippen molar-refractivity contribution in [1.29, 1.82) is 0 Å². The van der Waals surface area contributed by atoms with Gasteiger partial charge in [0.25, 0.3) is 0 Å². The quantitative estimate of drug-likeness (QED) is 0.857. The minimum Gasteiger partial charge on any atom is -0.211 e. The Morgan fingerprint density at radius 1 is 1.33 bits per heavy atom. The van der Waals surface area contributed by atoms with Gasteiger partial charge in [0.05, 0.1) is 4.90 Å². The van der Waals surface area contributed by atoms with Gasteiger partial charge in [-0.15, -0.1) is 0 Å². The summed E-state index contributed by atoms with van der Waals surface area (Å²) in [5.41, 5.74) is 0.411. The van der Waals surface area contributed by atoms with Crippen LogP contribution in [0.2, 0.25) is 0 Å². The van der Waals surface area contributed by atoms with Crippen LogP contribution in [0.15, 0.2) is 23.1 Å². The molecule has 0 unspecified atom stereocenters. The predicted octanol–water partition coefficient (Wildman–Crippen LogP) is 1.69. The highest BCUT2D eigenvalue weighted by molar-refractivity contribution is 7.89. The van der Waals surface area contributed by atoms with E-state index in [1.165, 1.54) is 18.2 Å². The molecule has 0 spiro atoms. The second-order valence-corrected chi connectivity index (χ2v) is 4.88. The van der Waals surface area contributed by atoms with Gasteiger partial charge in [0.15, 0.2) is 0 Å². The van der Waals surface area contributed by atoms with E-state index in [0.717, 1.165) is 0 Å². The SMILES string of the molecule is CCNS(=O)(=O)c1ccc(F)c(CC)c1. The van der Waals surface area contributed by atoms with Crippen LogP contribution in [0.5, 0.6) is 0 Å². The maximum atomic E-state index is 13.1. The number of sulfonamides is 1. The molecule has 0 aliphatic carbocycles. The highest BCUT2D eigenvalue weighted by Crippen LogP contribution is 2.15. The van der Waals surface area contributed by atoms with Crippen molar-refractivity contribution < 1.29 is 12.8 Å². The molecule has 1 aromatic carbocycles. The first-order chi connectivity index (χ1) is 7.01. The van der Waals surface area contributed by atoms with E-state index in [1.807, 2.05) is 0 Å². The average Bonchev–Trinajstić information content (AvgIpc) is 2.18. The zero-order chi connectivity index (χ0) is 11.5. The van der Waals surface area contributed by atoms with Crippen molar-refractivity contribution in [1.82, 2.24) is 4.72 Å². The van der Waals surface area contributed by atoms with Crippen molar-refractivity contribution in [2.45, 2.75) is 25.2 Å². The van der Waals surface area contributed by atoms with Gasteiger partial charge in [0.1, 0.15) is 5.82 Å². The van der Waals surface area contributed by atoms with Gasteiger partial charge >= 0.3 is 0 Å². The molecular weight excluding hydrogens is 217 g/mol. The lowest BCUT2D eigenvalue weighted by atomic mass is 10.2. The van der Waals surface area contributed by atoms with Gasteiger partial charge in [-0.1, -0.05) is 13.8 Å². The van der Waals surface area contributed by atoms with Crippen LogP contribution in [0.4, 0.5) is 4.39 Å². The van der Waals surface area contributed by atoms with Gasteiger partial charge in [-0.2, -0.15) is 0 Å². The average molecular weight is 231 g/mol. The molecule has 0 aliphatic rings. The van der Waals surface area contributed by atoms with E-state index in [0.29, 0.717) is 18.5 Å². The first-order valence-corrected chi connectivity index (χ1v) is 6.27.